The fraction of sp³-hybridized carbons (Fsp3) is 0.667. The van der Waals surface area contributed by atoms with Crippen LogP contribution in [0.1, 0.15) is 51.0 Å². The van der Waals surface area contributed by atoms with Crippen molar-refractivity contribution in [1.29, 1.82) is 0 Å². The van der Waals surface area contributed by atoms with Gasteiger partial charge in [-0.05, 0) is 86.8 Å². The lowest BCUT2D eigenvalue weighted by Gasteiger charge is -2.59. The minimum absolute atomic E-state index is 0.0842. The van der Waals surface area contributed by atoms with Crippen molar-refractivity contribution in [3.8, 4) is 5.75 Å². The van der Waals surface area contributed by atoms with Gasteiger partial charge in [0.2, 0.25) is 0 Å². The molecule has 0 aromatic heterocycles. The molecule has 5 rings (SSSR count). The second kappa shape index (κ2) is 7.16. The Balaban J connectivity index is 1.44. The Bertz CT molecular complexity index is 655. The average molecular weight is 421 g/mol. The van der Waals surface area contributed by atoms with E-state index < -0.39 is 5.91 Å². The Morgan fingerprint density at radius 3 is 2.46 bits per heavy atom. The molecule has 4 saturated carbocycles. The van der Waals surface area contributed by atoms with Crippen LogP contribution < -0.4 is 15.8 Å². The summed E-state index contributed by atoms with van der Waals surface area (Å²) in [7, 11) is 0. The molecular formula is C21H29BrN2O2. The second-order valence-corrected chi connectivity index (χ2v) is 9.81. The van der Waals surface area contributed by atoms with E-state index in [0.717, 1.165) is 40.1 Å². The third-order valence-electron chi connectivity index (χ3n) is 7.00. The number of primary amides is 1. The molecule has 5 heteroatoms. The number of hydrogen-bond donors (Lipinski definition) is 2. The first-order valence-electron chi connectivity index (χ1n) is 9.86. The number of benzene rings is 1. The quantitative estimate of drug-likeness (QED) is 0.700. The third-order valence-corrected chi connectivity index (χ3v) is 7.49. The van der Waals surface area contributed by atoms with Crippen LogP contribution in [0.2, 0.25) is 0 Å². The number of nitrogens with one attached hydrogen (secondary N) is 1. The van der Waals surface area contributed by atoms with Crippen molar-refractivity contribution >= 4 is 21.8 Å². The van der Waals surface area contributed by atoms with Crippen LogP contribution in [0.15, 0.2) is 22.7 Å². The summed E-state index contributed by atoms with van der Waals surface area (Å²) < 4.78 is 6.62. The summed E-state index contributed by atoms with van der Waals surface area (Å²) in [6.07, 6.45) is 8.62. The van der Waals surface area contributed by atoms with Crippen LogP contribution in [0.3, 0.4) is 0 Å². The van der Waals surface area contributed by atoms with E-state index in [1.165, 1.54) is 38.5 Å². The van der Waals surface area contributed by atoms with Gasteiger partial charge in [0.1, 0.15) is 5.75 Å². The molecule has 0 spiro atoms. The predicted molar refractivity (Wildman–Crippen MR) is 106 cm³/mol. The van der Waals surface area contributed by atoms with E-state index in [9.17, 15) is 4.79 Å². The van der Waals surface area contributed by atoms with Gasteiger partial charge in [0.05, 0.1) is 0 Å². The predicted octanol–water partition coefficient (Wildman–Crippen LogP) is 4.01. The van der Waals surface area contributed by atoms with E-state index in [1.54, 1.807) is 0 Å². The van der Waals surface area contributed by atoms with Gasteiger partial charge in [-0.3, -0.25) is 4.79 Å². The molecule has 3 N–H and O–H groups in total. The van der Waals surface area contributed by atoms with Crippen LogP contribution in [0, 0.1) is 23.2 Å². The summed E-state index contributed by atoms with van der Waals surface area (Å²) in [5, 5.41) is 3.79. The monoisotopic (exact) mass is 420 g/mol. The van der Waals surface area contributed by atoms with Crippen LogP contribution in [-0.4, -0.2) is 18.6 Å². The lowest BCUT2D eigenvalue weighted by molar-refractivity contribution is -0.119. The molecule has 0 saturated heterocycles. The second-order valence-electron chi connectivity index (χ2n) is 8.89. The number of ether oxygens (including phenoxy) is 1. The summed E-state index contributed by atoms with van der Waals surface area (Å²) >= 11 is 3.54. The Labute approximate surface area is 164 Å². The summed E-state index contributed by atoms with van der Waals surface area (Å²) in [6.45, 7) is 3.03. The van der Waals surface area contributed by atoms with Crippen molar-refractivity contribution in [3.05, 3.63) is 28.2 Å². The van der Waals surface area contributed by atoms with Crippen LogP contribution in [-0.2, 0) is 11.3 Å². The van der Waals surface area contributed by atoms with E-state index >= 15 is 0 Å². The van der Waals surface area contributed by atoms with Crippen molar-refractivity contribution in [2.75, 3.05) is 6.61 Å². The molecule has 4 aliphatic rings. The normalized spacial score (nSPS) is 33.2. The van der Waals surface area contributed by atoms with Crippen molar-refractivity contribution in [2.45, 2.75) is 58.0 Å². The van der Waals surface area contributed by atoms with Gasteiger partial charge in [0.25, 0.3) is 5.91 Å². The molecule has 142 valence electrons. The van der Waals surface area contributed by atoms with Gasteiger partial charge in [-0.2, -0.15) is 0 Å². The third kappa shape index (κ3) is 3.65. The smallest absolute Gasteiger partial charge is 0.255 e. The van der Waals surface area contributed by atoms with Gasteiger partial charge in [-0.25, -0.2) is 0 Å². The van der Waals surface area contributed by atoms with Gasteiger partial charge in [-0.15, -0.1) is 0 Å². The van der Waals surface area contributed by atoms with Crippen molar-refractivity contribution in [3.63, 3.8) is 0 Å². The molecule has 0 aliphatic heterocycles. The van der Waals surface area contributed by atoms with Gasteiger partial charge >= 0.3 is 0 Å². The number of carbonyl (C=O) groups excluding carboxylic acids is 1. The van der Waals surface area contributed by atoms with E-state index in [2.05, 4.69) is 34.2 Å². The van der Waals surface area contributed by atoms with Crippen LogP contribution in [0.25, 0.3) is 0 Å². The lowest BCUT2D eigenvalue weighted by Crippen LogP contribution is -2.54. The maximum Gasteiger partial charge on any atom is 0.255 e. The zero-order chi connectivity index (χ0) is 18.3. The van der Waals surface area contributed by atoms with E-state index in [4.69, 9.17) is 10.5 Å². The topological polar surface area (TPSA) is 64.3 Å². The molecule has 0 unspecified atom stereocenters. The molecule has 1 aromatic rings. The summed E-state index contributed by atoms with van der Waals surface area (Å²) in [5.41, 5.74) is 6.77. The average Bonchev–Trinajstić information content (AvgIpc) is 2.57. The lowest BCUT2D eigenvalue weighted by atomic mass is 9.48. The summed E-state index contributed by atoms with van der Waals surface area (Å²) in [5.74, 6) is 3.17. The van der Waals surface area contributed by atoms with Crippen molar-refractivity contribution in [1.82, 2.24) is 5.32 Å². The Morgan fingerprint density at radius 2 is 1.88 bits per heavy atom. The van der Waals surface area contributed by atoms with Crippen LogP contribution in [0.4, 0.5) is 0 Å². The fourth-order valence-electron chi connectivity index (χ4n) is 6.16. The first kappa shape index (κ1) is 18.3. The molecule has 4 nitrogen and oxygen atoms in total. The Kier molecular flexibility index (Phi) is 5.04. The number of rotatable bonds is 7. The molecule has 1 amide bonds. The number of hydrogen-bond acceptors (Lipinski definition) is 3. The summed E-state index contributed by atoms with van der Waals surface area (Å²) in [6, 6.07) is 6.40. The maximum atomic E-state index is 11.0. The SMILES string of the molecule is C[C@H](NCc1cc(Br)ccc1OCC(N)=O)C12CC3CC(CC(C3)C1)C2. The van der Waals surface area contributed by atoms with Gasteiger partial charge < -0.3 is 15.8 Å². The van der Waals surface area contributed by atoms with Gasteiger partial charge in [0, 0.05) is 22.6 Å². The highest BCUT2D eigenvalue weighted by Gasteiger charge is 2.52. The Morgan fingerprint density at radius 1 is 1.27 bits per heavy atom. The molecule has 4 bridgehead atoms. The Hall–Kier alpha value is -1.07. The molecular weight excluding hydrogens is 392 g/mol. The number of amides is 1. The van der Waals surface area contributed by atoms with Crippen LogP contribution in [0.5, 0.6) is 5.75 Å². The highest BCUT2D eigenvalue weighted by atomic mass is 79.9. The molecule has 26 heavy (non-hydrogen) atoms. The molecule has 0 radical (unpaired) electrons. The van der Waals surface area contributed by atoms with Crippen LogP contribution >= 0.6 is 15.9 Å². The largest absolute Gasteiger partial charge is 0.483 e. The molecule has 1 aromatic carbocycles. The highest BCUT2D eigenvalue weighted by Crippen LogP contribution is 2.61. The number of carbonyl (C=O) groups is 1. The van der Waals surface area contributed by atoms with E-state index in [-0.39, 0.29) is 6.61 Å². The van der Waals surface area contributed by atoms with Crippen molar-refractivity contribution < 1.29 is 9.53 Å². The van der Waals surface area contributed by atoms with E-state index in [1.807, 2.05) is 12.1 Å². The first-order chi connectivity index (χ1) is 12.4. The zero-order valence-corrected chi connectivity index (χ0v) is 17.1. The molecule has 4 fully saturated rings. The van der Waals surface area contributed by atoms with Crippen molar-refractivity contribution in [2.24, 2.45) is 28.9 Å². The minimum Gasteiger partial charge on any atom is -0.483 e. The summed E-state index contributed by atoms with van der Waals surface area (Å²) in [4.78, 5) is 11.0. The minimum atomic E-state index is -0.450. The molecule has 1 atom stereocenters. The molecule has 0 heterocycles. The number of nitrogens with two attached hydrogens (primary N) is 1. The number of halogens is 1. The fourth-order valence-corrected chi connectivity index (χ4v) is 6.57. The van der Waals surface area contributed by atoms with Gasteiger partial charge in [-0.1, -0.05) is 15.9 Å². The maximum absolute atomic E-state index is 11.0. The highest BCUT2D eigenvalue weighted by molar-refractivity contribution is 9.10. The standard InChI is InChI=1S/C21H29BrN2O2/c1-13(21-8-14-4-15(9-21)6-16(5-14)10-21)24-11-17-7-18(22)2-3-19(17)26-12-20(23)25/h2-3,7,13-16,24H,4-6,8-12H2,1H3,(H2,23,25)/t13-,14?,15?,16?,21?/m0/s1. The van der Waals surface area contributed by atoms with Gasteiger partial charge in [0.15, 0.2) is 6.61 Å². The van der Waals surface area contributed by atoms with E-state index in [0.29, 0.717) is 11.5 Å². The molecule has 4 aliphatic carbocycles. The first-order valence-corrected chi connectivity index (χ1v) is 10.7. The zero-order valence-electron chi connectivity index (χ0n) is 15.5.